The minimum absolute atomic E-state index is 0.121. The molecule has 1 heterocycles. The third-order valence-corrected chi connectivity index (χ3v) is 3.74. The Kier molecular flexibility index (Phi) is 4.91. The van der Waals surface area contributed by atoms with Gasteiger partial charge in [-0.3, -0.25) is 9.69 Å². The molecule has 0 aliphatic carbocycles. The van der Waals surface area contributed by atoms with Crippen LogP contribution in [0.1, 0.15) is 24.8 Å². The van der Waals surface area contributed by atoms with Crippen molar-refractivity contribution in [2.24, 2.45) is 5.92 Å². The van der Waals surface area contributed by atoms with Crippen LogP contribution in [0.15, 0.2) is 24.3 Å². The minimum atomic E-state index is -0.769. The fraction of sp³-hybridized carbons (Fsp3) is 0.533. The highest BCUT2D eigenvalue weighted by Crippen LogP contribution is 2.22. The van der Waals surface area contributed by atoms with Gasteiger partial charge in [0, 0.05) is 6.54 Å². The molecule has 0 bridgehead atoms. The van der Waals surface area contributed by atoms with Crippen LogP contribution in [0, 0.1) is 11.7 Å². The minimum Gasteiger partial charge on any atom is -0.480 e. The molecule has 1 aliphatic heterocycles. The van der Waals surface area contributed by atoms with Gasteiger partial charge in [0.05, 0.1) is 6.54 Å². The summed E-state index contributed by atoms with van der Waals surface area (Å²) >= 11 is 0. The number of rotatable bonds is 5. The van der Waals surface area contributed by atoms with Crippen molar-refractivity contribution < 1.29 is 14.3 Å². The molecule has 1 saturated heterocycles. The summed E-state index contributed by atoms with van der Waals surface area (Å²) in [5.74, 6) is -0.428. The van der Waals surface area contributed by atoms with Gasteiger partial charge >= 0.3 is 5.97 Å². The van der Waals surface area contributed by atoms with Crippen molar-refractivity contribution in [3.8, 4) is 0 Å². The van der Waals surface area contributed by atoms with Crippen LogP contribution in [0.3, 0.4) is 0 Å². The zero-order valence-corrected chi connectivity index (χ0v) is 11.0. The lowest BCUT2D eigenvalue weighted by molar-refractivity contribution is -0.138. The van der Waals surface area contributed by atoms with Crippen molar-refractivity contribution in [3.63, 3.8) is 0 Å². The second kappa shape index (κ2) is 6.66. The SMILES string of the molecule is O=C(O)CN1CCCC(CCc2ccccc2F)C1. The Labute approximate surface area is 113 Å². The standard InChI is InChI=1S/C15H20FNO2/c16-14-6-2-1-5-13(14)8-7-12-4-3-9-17(10-12)11-15(18)19/h1-2,5-6,12H,3-4,7-11H2,(H,18,19). The van der Waals surface area contributed by atoms with E-state index in [1.54, 1.807) is 6.07 Å². The molecule has 0 amide bonds. The summed E-state index contributed by atoms with van der Waals surface area (Å²) in [7, 11) is 0. The number of halogens is 1. The molecule has 1 unspecified atom stereocenters. The molecule has 1 aromatic carbocycles. The Balaban J connectivity index is 1.82. The predicted octanol–water partition coefficient (Wildman–Crippen LogP) is 2.55. The number of aryl methyl sites for hydroxylation is 1. The van der Waals surface area contributed by atoms with E-state index in [1.165, 1.54) is 6.07 Å². The summed E-state index contributed by atoms with van der Waals surface area (Å²) in [4.78, 5) is 12.7. The maximum Gasteiger partial charge on any atom is 0.317 e. The number of carboxylic acid groups (broad SMARTS) is 1. The molecule has 1 fully saturated rings. The van der Waals surface area contributed by atoms with Gasteiger partial charge in [0.2, 0.25) is 0 Å². The average molecular weight is 265 g/mol. The monoisotopic (exact) mass is 265 g/mol. The van der Waals surface area contributed by atoms with Crippen LogP contribution in [-0.2, 0) is 11.2 Å². The summed E-state index contributed by atoms with van der Waals surface area (Å²) in [6, 6.07) is 6.88. The highest BCUT2D eigenvalue weighted by molar-refractivity contribution is 5.69. The molecule has 1 N–H and O–H groups in total. The van der Waals surface area contributed by atoms with Gasteiger partial charge in [-0.25, -0.2) is 4.39 Å². The van der Waals surface area contributed by atoms with E-state index < -0.39 is 5.97 Å². The van der Waals surface area contributed by atoms with Gasteiger partial charge in [0.15, 0.2) is 0 Å². The molecule has 2 rings (SSSR count). The fourth-order valence-electron chi connectivity index (χ4n) is 2.78. The van der Waals surface area contributed by atoms with Gasteiger partial charge in [0.25, 0.3) is 0 Å². The summed E-state index contributed by atoms with van der Waals surface area (Å²) < 4.78 is 13.5. The van der Waals surface area contributed by atoms with Gasteiger partial charge in [-0.15, -0.1) is 0 Å². The van der Waals surface area contributed by atoms with E-state index in [2.05, 4.69) is 0 Å². The van der Waals surface area contributed by atoms with Gasteiger partial charge in [-0.05, 0) is 49.8 Å². The molecule has 1 aromatic rings. The van der Waals surface area contributed by atoms with Crippen LogP contribution in [0.4, 0.5) is 4.39 Å². The van der Waals surface area contributed by atoms with Crippen LogP contribution < -0.4 is 0 Å². The summed E-state index contributed by atoms with van der Waals surface area (Å²) in [6.07, 6.45) is 3.81. The number of hydrogen-bond acceptors (Lipinski definition) is 2. The van der Waals surface area contributed by atoms with Gasteiger partial charge in [-0.2, -0.15) is 0 Å². The van der Waals surface area contributed by atoms with Crippen molar-refractivity contribution in [3.05, 3.63) is 35.6 Å². The third-order valence-electron chi connectivity index (χ3n) is 3.74. The second-order valence-corrected chi connectivity index (χ2v) is 5.27. The zero-order valence-electron chi connectivity index (χ0n) is 11.0. The van der Waals surface area contributed by atoms with E-state index in [4.69, 9.17) is 5.11 Å². The second-order valence-electron chi connectivity index (χ2n) is 5.27. The molecule has 0 saturated carbocycles. The van der Waals surface area contributed by atoms with Crippen molar-refractivity contribution in [2.75, 3.05) is 19.6 Å². The quantitative estimate of drug-likeness (QED) is 0.889. The smallest absolute Gasteiger partial charge is 0.317 e. The lowest BCUT2D eigenvalue weighted by Crippen LogP contribution is -2.38. The Morgan fingerprint density at radius 1 is 1.42 bits per heavy atom. The molecule has 0 aromatic heterocycles. The Bertz CT molecular complexity index is 436. The van der Waals surface area contributed by atoms with Gasteiger partial charge in [-0.1, -0.05) is 18.2 Å². The third kappa shape index (κ3) is 4.31. The van der Waals surface area contributed by atoms with Gasteiger partial charge in [0.1, 0.15) is 5.82 Å². The maximum absolute atomic E-state index is 13.5. The first kappa shape index (κ1) is 14.0. The molecule has 1 atom stereocenters. The summed E-state index contributed by atoms with van der Waals surface area (Å²) in [5, 5.41) is 8.81. The summed E-state index contributed by atoms with van der Waals surface area (Å²) in [5.41, 5.74) is 0.762. The molecule has 0 spiro atoms. The first-order valence-corrected chi connectivity index (χ1v) is 6.82. The number of piperidine rings is 1. The number of nitrogens with zero attached hydrogens (tertiary/aromatic N) is 1. The molecule has 4 heteroatoms. The predicted molar refractivity (Wildman–Crippen MR) is 71.5 cm³/mol. The van der Waals surface area contributed by atoms with E-state index in [-0.39, 0.29) is 12.4 Å². The van der Waals surface area contributed by atoms with Crippen molar-refractivity contribution >= 4 is 5.97 Å². The molecule has 104 valence electrons. The normalized spacial score (nSPS) is 20.4. The molecule has 3 nitrogen and oxygen atoms in total. The number of carbonyl (C=O) groups is 1. The Hall–Kier alpha value is -1.42. The Morgan fingerprint density at radius 3 is 2.95 bits per heavy atom. The first-order chi connectivity index (χ1) is 9.15. The topological polar surface area (TPSA) is 40.5 Å². The van der Waals surface area contributed by atoms with Crippen molar-refractivity contribution in [1.29, 1.82) is 0 Å². The highest BCUT2D eigenvalue weighted by Gasteiger charge is 2.21. The maximum atomic E-state index is 13.5. The number of aliphatic carboxylic acids is 1. The number of benzene rings is 1. The van der Waals surface area contributed by atoms with E-state index in [0.717, 1.165) is 44.3 Å². The van der Waals surface area contributed by atoms with E-state index in [0.29, 0.717) is 5.92 Å². The van der Waals surface area contributed by atoms with Crippen LogP contribution in [0.5, 0.6) is 0 Å². The average Bonchev–Trinajstić information content (AvgIpc) is 2.37. The lowest BCUT2D eigenvalue weighted by Gasteiger charge is -2.31. The molecule has 1 aliphatic rings. The van der Waals surface area contributed by atoms with E-state index in [1.807, 2.05) is 17.0 Å². The number of carboxylic acids is 1. The first-order valence-electron chi connectivity index (χ1n) is 6.82. The van der Waals surface area contributed by atoms with Crippen LogP contribution in [-0.4, -0.2) is 35.6 Å². The van der Waals surface area contributed by atoms with Crippen molar-refractivity contribution in [1.82, 2.24) is 4.90 Å². The van der Waals surface area contributed by atoms with E-state index >= 15 is 0 Å². The molecular weight excluding hydrogens is 245 g/mol. The van der Waals surface area contributed by atoms with Crippen molar-refractivity contribution in [2.45, 2.75) is 25.7 Å². The largest absolute Gasteiger partial charge is 0.480 e. The van der Waals surface area contributed by atoms with Crippen LogP contribution in [0.2, 0.25) is 0 Å². The fourth-order valence-corrected chi connectivity index (χ4v) is 2.78. The van der Waals surface area contributed by atoms with Gasteiger partial charge < -0.3 is 5.11 Å². The Morgan fingerprint density at radius 2 is 2.21 bits per heavy atom. The lowest BCUT2D eigenvalue weighted by atomic mass is 9.91. The van der Waals surface area contributed by atoms with E-state index in [9.17, 15) is 9.18 Å². The molecular formula is C15H20FNO2. The highest BCUT2D eigenvalue weighted by atomic mass is 19.1. The van der Waals surface area contributed by atoms with Crippen LogP contribution in [0.25, 0.3) is 0 Å². The molecule has 19 heavy (non-hydrogen) atoms. The zero-order chi connectivity index (χ0) is 13.7. The van der Waals surface area contributed by atoms with Crippen LogP contribution >= 0.6 is 0 Å². The molecule has 0 radical (unpaired) electrons. The number of likely N-dealkylation sites (tertiary alicyclic amines) is 1. The number of hydrogen-bond donors (Lipinski definition) is 1. The summed E-state index contributed by atoms with van der Waals surface area (Å²) in [6.45, 7) is 1.81.